The van der Waals surface area contributed by atoms with Crippen molar-refractivity contribution in [1.29, 1.82) is 0 Å². The zero-order valence-electron chi connectivity index (χ0n) is 17.1. The maximum absolute atomic E-state index is 13.6. The summed E-state index contributed by atoms with van der Waals surface area (Å²) >= 11 is 1.62. The van der Waals surface area contributed by atoms with Gasteiger partial charge in [0.2, 0.25) is 11.8 Å². The quantitative estimate of drug-likeness (QED) is 0.775. The normalized spacial score (nSPS) is 19.7. The molecule has 1 spiro atoms. The fourth-order valence-electron chi connectivity index (χ4n) is 4.59. The molecule has 154 valence electrons. The molecule has 0 radical (unpaired) electrons. The number of carbonyl (C=O) groups excluding carboxylic acids is 2. The van der Waals surface area contributed by atoms with Gasteiger partial charge in [0.05, 0.1) is 18.3 Å². The molecular formula is C22H28N4O2S. The third kappa shape index (κ3) is 3.81. The van der Waals surface area contributed by atoms with E-state index in [0.29, 0.717) is 38.9 Å². The standard InChI is InChI=1S/C22H28N4O2S/c1-3-25-11-12-26(19-5-4-17(2)23-15-19)21(28)22(25)7-9-24(10-8-22)20(27)14-18-6-13-29-16-18/h4-6,13,15-16H,3,7-12,14H2,1-2H3. The van der Waals surface area contributed by atoms with E-state index in [0.717, 1.165) is 30.0 Å². The van der Waals surface area contributed by atoms with Gasteiger partial charge >= 0.3 is 0 Å². The predicted molar refractivity (Wildman–Crippen MR) is 115 cm³/mol. The number of rotatable bonds is 4. The monoisotopic (exact) mass is 412 g/mol. The molecule has 0 saturated carbocycles. The Hall–Kier alpha value is -2.25. The van der Waals surface area contributed by atoms with E-state index in [9.17, 15) is 9.59 Å². The van der Waals surface area contributed by atoms with E-state index < -0.39 is 5.54 Å². The van der Waals surface area contributed by atoms with Gasteiger partial charge in [0.1, 0.15) is 5.54 Å². The predicted octanol–water partition coefficient (Wildman–Crippen LogP) is 2.72. The third-order valence-corrected chi connectivity index (χ3v) is 7.04. The van der Waals surface area contributed by atoms with E-state index in [1.807, 2.05) is 45.7 Å². The van der Waals surface area contributed by atoms with E-state index in [2.05, 4.69) is 16.8 Å². The molecule has 29 heavy (non-hydrogen) atoms. The van der Waals surface area contributed by atoms with Crippen LogP contribution in [0.1, 0.15) is 31.0 Å². The number of hydrogen-bond acceptors (Lipinski definition) is 5. The molecule has 4 rings (SSSR count). The number of anilines is 1. The number of piperidine rings is 1. The second kappa shape index (κ2) is 8.24. The van der Waals surface area contributed by atoms with Gasteiger partial charge in [-0.05, 0) is 60.8 Å². The van der Waals surface area contributed by atoms with Gasteiger partial charge in [0, 0.05) is 31.9 Å². The zero-order chi connectivity index (χ0) is 20.4. The Bertz CT molecular complexity index is 857. The van der Waals surface area contributed by atoms with Gasteiger partial charge < -0.3 is 9.80 Å². The highest BCUT2D eigenvalue weighted by molar-refractivity contribution is 7.08. The first kappa shape index (κ1) is 20.0. The lowest BCUT2D eigenvalue weighted by molar-refractivity contribution is -0.143. The molecule has 0 bridgehead atoms. The lowest BCUT2D eigenvalue weighted by Gasteiger charge is -2.52. The molecule has 2 aromatic heterocycles. The number of hydrogen-bond donors (Lipinski definition) is 0. The van der Waals surface area contributed by atoms with Crippen molar-refractivity contribution in [3.8, 4) is 0 Å². The minimum absolute atomic E-state index is 0.154. The van der Waals surface area contributed by atoms with Crippen LogP contribution >= 0.6 is 11.3 Å². The van der Waals surface area contributed by atoms with Gasteiger partial charge in [-0.2, -0.15) is 11.3 Å². The molecule has 2 aromatic rings. The number of aromatic nitrogens is 1. The molecule has 0 aromatic carbocycles. The first-order valence-corrected chi connectivity index (χ1v) is 11.3. The van der Waals surface area contributed by atoms with Crippen molar-refractivity contribution in [3.63, 3.8) is 0 Å². The van der Waals surface area contributed by atoms with Crippen LogP contribution in [-0.2, 0) is 16.0 Å². The van der Waals surface area contributed by atoms with Crippen LogP contribution in [0.25, 0.3) is 0 Å². The first-order valence-electron chi connectivity index (χ1n) is 10.3. The highest BCUT2D eigenvalue weighted by Crippen LogP contribution is 2.35. The van der Waals surface area contributed by atoms with Crippen LogP contribution in [-0.4, -0.2) is 64.9 Å². The summed E-state index contributed by atoms with van der Waals surface area (Å²) in [6.45, 7) is 7.70. The van der Waals surface area contributed by atoms with Crippen molar-refractivity contribution in [2.24, 2.45) is 0 Å². The summed E-state index contributed by atoms with van der Waals surface area (Å²) in [6.07, 6.45) is 3.61. The maximum atomic E-state index is 13.6. The molecule has 0 atom stereocenters. The Morgan fingerprint density at radius 1 is 1.17 bits per heavy atom. The molecule has 2 fully saturated rings. The molecule has 4 heterocycles. The largest absolute Gasteiger partial charge is 0.342 e. The molecule has 0 unspecified atom stereocenters. The molecule has 2 aliphatic rings. The molecule has 2 saturated heterocycles. The Morgan fingerprint density at radius 3 is 2.59 bits per heavy atom. The number of thiophene rings is 1. The van der Waals surface area contributed by atoms with Crippen LogP contribution in [0.4, 0.5) is 5.69 Å². The molecule has 7 heteroatoms. The van der Waals surface area contributed by atoms with Crippen molar-refractivity contribution < 1.29 is 9.59 Å². The minimum atomic E-state index is -0.517. The number of pyridine rings is 1. The van der Waals surface area contributed by atoms with Crippen LogP contribution in [0.2, 0.25) is 0 Å². The highest BCUT2D eigenvalue weighted by Gasteiger charge is 2.50. The topological polar surface area (TPSA) is 56.8 Å². The first-order chi connectivity index (χ1) is 14.0. The smallest absolute Gasteiger partial charge is 0.247 e. The van der Waals surface area contributed by atoms with Gasteiger partial charge in [-0.25, -0.2) is 0 Å². The summed E-state index contributed by atoms with van der Waals surface area (Å²) in [5.74, 6) is 0.310. The number of aryl methyl sites for hydroxylation is 1. The van der Waals surface area contributed by atoms with Gasteiger partial charge in [-0.3, -0.25) is 19.5 Å². The summed E-state index contributed by atoms with van der Waals surface area (Å²) in [5.41, 5.74) is 2.37. The van der Waals surface area contributed by atoms with Crippen LogP contribution < -0.4 is 4.90 Å². The fourth-order valence-corrected chi connectivity index (χ4v) is 5.25. The second-order valence-corrected chi connectivity index (χ2v) is 8.70. The summed E-state index contributed by atoms with van der Waals surface area (Å²) in [4.78, 5) is 36.8. The van der Waals surface area contributed by atoms with Crippen molar-refractivity contribution in [3.05, 3.63) is 46.4 Å². The Labute approximate surface area is 176 Å². The van der Waals surface area contributed by atoms with E-state index >= 15 is 0 Å². The molecule has 2 aliphatic heterocycles. The summed E-state index contributed by atoms with van der Waals surface area (Å²) < 4.78 is 0. The van der Waals surface area contributed by atoms with Gasteiger partial charge in [0.15, 0.2) is 0 Å². The van der Waals surface area contributed by atoms with Crippen molar-refractivity contribution in [1.82, 2.24) is 14.8 Å². The lowest BCUT2D eigenvalue weighted by Crippen LogP contribution is -2.69. The Balaban J connectivity index is 1.49. The Morgan fingerprint density at radius 2 is 1.97 bits per heavy atom. The SMILES string of the molecule is CCN1CCN(c2ccc(C)nc2)C(=O)C12CCN(C(=O)Cc1ccsc1)CC2. The molecular weight excluding hydrogens is 384 g/mol. The number of piperazine rings is 1. The minimum Gasteiger partial charge on any atom is -0.342 e. The highest BCUT2D eigenvalue weighted by atomic mass is 32.1. The van der Waals surface area contributed by atoms with Gasteiger partial charge in [-0.15, -0.1) is 0 Å². The summed E-state index contributed by atoms with van der Waals surface area (Å²) in [7, 11) is 0. The maximum Gasteiger partial charge on any atom is 0.247 e. The van der Waals surface area contributed by atoms with Crippen LogP contribution in [0.5, 0.6) is 0 Å². The zero-order valence-corrected chi connectivity index (χ0v) is 18.0. The molecule has 0 N–H and O–H groups in total. The average molecular weight is 413 g/mol. The number of likely N-dealkylation sites (tertiary alicyclic amines) is 1. The molecule has 2 amide bonds. The number of carbonyl (C=O) groups is 2. The average Bonchev–Trinajstić information content (AvgIpc) is 3.24. The van der Waals surface area contributed by atoms with Crippen LogP contribution in [0.3, 0.4) is 0 Å². The second-order valence-electron chi connectivity index (χ2n) is 7.91. The Kier molecular flexibility index (Phi) is 5.69. The molecule has 6 nitrogen and oxygen atoms in total. The van der Waals surface area contributed by atoms with E-state index in [4.69, 9.17) is 0 Å². The van der Waals surface area contributed by atoms with Crippen LogP contribution in [0, 0.1) is 6.92 Å². The summed E-state index contributed by atoms with van der Waals surface area (Å²) in [5, 5.41) is 4.03. The van der Waals surface area contributed by atoms with E-state index in [1.54, 1.807) is 17.5 Å². The van der Waals surface area contributed by atoms with Crippen molar-refractivity contribution in [2.75, 3.05) is 37.6 Å². The van der Waals surface area contributed by atoms with Gasteiger partial charge in [0.25, 0.3) is 0 Å². The van der Waals surface area contributed by atoms with Crippen LogP contribution in [0.15, 0.2) is 35.2 Å². The third-order valence-electron chi connectivity index (χ3n) is 6.31. The van der Waals surface area contributed by atoms with E-state index in [-0.39, 0.29) is 11.8 Å². The number of amides is 2. The van der Waals surface area contributed by atoms with E-state index in [1.165, 1.54) is 0 Å². The molecule has 0 aliphatic carbocycles. The fraction of sp³-hybridized carbons (Fsp3) is 0.500. The van der Waals surface area contributed by atoms with Crippen molar-refractivity contribution >= 4 is 28.8 Å². The lowest BCUT2D eigenvalue weighted by atomic mass is 9.82. The van der Waals surface area contributed by atoms with Gasteiger partial charge in [-0.1, -0.05) is 6.92 Å². The number of nitrogens with zero attached hydrogens (tertiary/aromatic N) is 4. The summed E-state index contributed by atoms with van der Waals surface area (Å²) in [6, 6.07) is 5.94. The van der Waals surface area contributed by atoms with Crippen molar-refractivity contribution in [2.45, 2.75) is 38.6 Å². The number of likely N-dealkylation sites (N-methyl/N-ethyl adjacent to an activating group) is 1.